The lowest BCUT2D eigenvalue weighted by atomic mass is 10.2. The van der Waals surface area contributed by atoms with Gasteiger partial charge in [0.1, 0.15) is 11.5 Å². The molecule has 0 aliphatic heterocycles. The highest BCUT2D eigenvalue weighted by atomic mass is 16.6. The number of anilines is 1. The smallest absolute Gasteiger partial charge is 0.338 e. The van der Waals surface area contributed by atoms with Crippen molar-refractivity contribution < 1.29 is 28.7 Å². The number of benzene rings is 2. The van der Waals surface area contributed by atoms with E-state index in [1.54, 1.807) is 24.3 Å². The zero-order valence-corrected chi connectivity index (χ0v) is 17.0. The summed E-state index contributed by atoms with van der Waals surface area (Å²) in [5.74, 6) is -0.491. The molecule has 160 valence electrons. The molecule has 0 saturated heterocycles. The molecular formula is C21H24N2O7. The molecule has 0 bridgehead atoms. The first kappa shape index (κ1) is 22.7. The lowest BCUT2D eigenvalue weighted by Crippen LogP contribution is -2.30. The minimum atomic E-state index is -1.10. The minimum absolute atomic E-state index is 0.120. The Morgan fingerprint density at radius 3 is 2.47 bits per heavy atom. The summed E-state index contributed by atoms with van der Waals surface area (Å²) in [5.41, 5.74) is 0.335. The van der Waals surface area contributed by atoms with E-state index in [2.05, 4.69) is 12.2 Å². The predicted octanol–water partition coefficient (Wildman–Crippen LogP) is 3.97. The Hall–Kier alpha value is -3.62. The third-order valence-corrected chi connectivity index (χ3v) is 4.16. The number of nitro benzene ring substituents is 1. The van der Waals surface area contributed by atoms with Crippen LogP contribution in [0.15, 0.2) is 42.5 Å². The van der Waals surface area contributed by atoms with E-state index in [9.17, 15) is 19.7 Å². The van der Waals surface area contributed by atoms with Crippen LogP contribution in [0.4, 0.5) is 11.4 Å². The number of hydrogen-bond donors (Lipinski definition) is 1. The standard InChI is InChI=1S/C21H24N2O7/c1-4-5-12-29-17-9-6-15(7-10-17)21(25)30-14(2)20(24)22-18-11-8-16(23(26)27)13-19(18)28-3/h6-11,13-14H,4-5,12H2,1-3H3,(H,22,24)/t14-/m0/s1. The quantitative estimate of drug-likeness (QED) is 0.269. The van der Waals surface area contributed by atoms with Gasteiger partial charge in [-0.05, 0) is 43.7 Å². The summed E-state index contributed by atoms with van der Waals surface area (Å²) < 4.78 is 15.8. The molecule has 1 amide bonds. The summed E-state index contributed by atoms with van der Waals surface area (Å²) in [6.07, 6.45) is 0.865. The van der Waals surface area contributed by atoms with Gasteiger partial charge in [0, 0.05) is 6.07 Å². The molecule has 0 heterocycles. The fourth-order valence-electron chi connectivity index (χ4n) is 2.43. The van der Waals surface area contributed by atoms with Crippen molar-refractivity contribution in [2.45, 2.75) is 32.8 Å². The fourth-order valence-corrected chi connectivity index (χ4v) is 2.43. The molecule has 0 unspecified atom stereocenters. The minimum Gasteiger partial charge on any atom is -0.494 e. The second kappa shape index (κ2) is 10.8. The number of nitro groups is 1. The van der Waals surface area contributed by atoms with E-state index in [0.29, 0.717) is 12.4 Å². The van der Waals surface area contributed by atoms with Gasteiger partial charge in [-0.15, -0.1) is 0 Å². The van der Waals surface area contributed by atoms with Gasteiger partial charge >= 0.3 is 5.97 Å². The van der Waals surface area contributed by atoms with Crippen LogP contribution in [0.25, 0.3) is 0 Å². The first-order valence-electron chi connectivity index (χ1n) is 9.42. The molecule has 2 aromatic carbocycles. The van der Waals surface area contributed by atoms with Crippen molar-refractivity contribution in [3.63, 3.8) is 0 Å². The number of nitrogens with one attached hydrogen (secondary N) is 1. The van der Waals surface area contributed by atoms with Gasteiger partial charge in [0.25, 0.3) is 11.6 Å². The van der Waals surface area contributed by atoms with Crippen molar-refractivity contribution in [1.29, 1.82) is 0 Å². The first-order chi connectivity index (χ1) is 14.3. The summed E-state index contributed by atoms with van der Waals surface area (Å²) in [6.45, 7) is 4.09. The number of non-ortho nitro benzene ring substituents is 1. The summed E-state index contributed by atoms with van der Waals surface area (Å²) in [6, 6.07) is 10.2. The normalized spacial score (nSPS) is 11.3. The van der Waals surface area contributed by atoms with Crippen LogP contribution in [-0.2, 0) is 9.53 Å². The molecular weight excluding hydrogens is 392 g/mol. The summed E-state index contributed by atoms with van der Waals surface area (Å²) in [5, 5.41) is 13.4. The molecule has 0 fully saturated rings. The van der Waals surface area contributed by atoms with Crippen LogP contribution < -0.4 is 14.8 Å². The summed E-state index contributed by atoms with van der Waals surface area (Å²) in [7, 11) is 1.33. The molecule has 1 N–H and O–H groups in total. The van der Waals surface area contributed by atoms with Crippen LogP contribution >= 0.6 is 0 Å². The van der Waals surface area contributed by atoms with Crippen LogP contribution in [0, 0.1) is 10.1 Å². The molecule has 9 nitrogen and oxygen atoms in total. The lowest BCUT2D eigenvalue weighted by molar-refractivity contribution is -0.384. The summed E-state index contributed by atoms with van der Waals surface area (Å²) in [4.78, 5) is 34.9. The highest BCUT2D eigenvalue weighted by Gasteiger charge is 2.21. The molecule has 0 aliphatic rings. The SMILES string of the molecule is CCCCOc1ccc(C(=O)O[C@@H](C)C(=O)Nc2ccc([N+](=O)[O-])cc2OC)cc1. The highest BCUT2D eigenvalue weighted by Crippen LogP contribution is 2.29. The van der Waals surface area contributed by atoms with Crippen LogP contribution in [0.1, 0.15) is 37.0 Å². The zero-order chi connectivity index (χ0) is 22.1. The van der Waals surface area contributed by atoms with Gasteiger partial charge in [0.05, 0.1) is 36.0 Å². The van der Waals surface area contributed by atoms with E-state index in [0.717, 1.165) is 12.8 Å². The number of methoxy groups -OCH3 is 1. The topological polar surface area (TPSA) is 117 Å². The second-order valence-electron chi connectivity index (χ2n) is 6.40. The van der Waals surface area contributed by atoms with Gasteiger partial charge in [-0.3, -0.25) is 14.9 Å². The number of rotatable bonds is 10. The van der Waals surface area contributed by atoms with E-state index < -0.39 is 22.9 Å². The number of esters is 1. The number of carbonyl (C=O) groups excluding carboxylic acids is 2. The average Bonchev–Trinajstić information content (AvgIpc) is 2.74. The van der Waals surface area contributed by atoms with Gasteiger partial charge in [-0.25, -0.2) is 4.79 Å². The largest absolute Gasteiger partial charge is 0.494 e. The number of ether oxygens (including phenoxy) is 3. The molecule has 0 aliphatic carbocycles. The van der Waals surface area contributed by atoms with E-state index in [1.807, 2.05) is 0 Å². The third kappa shape index (κ3) is 6.20. The molecule has 0 aromatic heterocycles. The third-order valence-electron chi connectivity index (χ3n) is 4.16. The molecule has 1 atom stereocenters. The highest BCUT2D eigenvalue weighted by molar-refractivity contribution is 5.98. The van der Waals surface area contributed by atoms with Gasteiger partial charge in [0.15, 0.2) is 6.10 Å². The van der Waals surface area contributed by atoms with E-state index in [4.69, 9.17) is 14.2 Å². The Balaban J connectivity index is 1.97. The molecule has 9 heteroatoms. The van der Waals surface area contributed by atoms with E-state index >= 15 is 0 Å². The Bertz CT molecular complexity index is 897. The maximum absolute atomic E-state index is 12.4. The maximum atomic E-state index is 12.4. The molecule has 2 rings (SSSR count). The fraction of sp³-hybridized carbons (Fsp3) is 0.333. The number of unbranched alkanes of at least 4 members (excludes halogenated alkanes) is 1. The summed E-state index contributed by atoms with van der Waals surface area (Å²) >= 11 is 0. The number of amides is 1. The Labute approximate surface area is 174 Å². The van der Waals surface area contributed by atoms with Crippen molar-refractivity contribution in [1.82, 2.24) is 0 Å². The van der Waals surface area contributed by atoms with Crippen LogP contribution in [0.2, 0.25) is 0 Å². The number of carbonyl (C=O) groups is 2. The molecule has 2 aromatic rings. The Kier molecular flexibility index (Phi) is 8.16. The number of hydrogen-bond acceptors (Lipinski definition) is 7. The lowest BCUT2D eigenvalue weighted by Gasteiger charge is -2.15. The van der Waals surface area contributed by atoms with E-state index in [1.165, 1.54) is 32.2 Å². The van der Waals surface area contributed by atoms with Crippen molar-refractivity contribution in [3.05, 3.63) is 58.1 Å². The monoisotopic (exact) mass is 416 g/mol. The second-order valence-corrected chi connectivity index (χ2v) is 6.40. The Morgan fingerprint density at radius 1 is 1.17 bits per heavy atom. The predicted molar refractivity (Wildman–Crippen MR) is 110 cm³/mol. The molecule has 0 spiro atoms. The Morgan fingerprint density at radius 2 is 1.87 bits per heavy atom. The van der Waals surface area contributed by atoms with Crippen LogP contribution in [-0.4, -0.2) is 36.6 Å². The van der Waals surface area contributed by atoms with Gasteiger partial charge in [-0.2, -0.15) is 0 Å². The van der Waals surface area contributed by atoms with Gasteiger partial charge < -0.3 is 19.5 Å². The van der Waals surface area contributed by atoms with Gasteiger partial charge in [-0.1, -0.05) is 13.3 Å². The zero-order valence-electron chi connectivity index (χ0n) is 17.0. The average molecular weight is 416 g/mol. The van der Waals surface area contributed by atoms with E-state index in [-0.39, 0.29) is 22.7 Å². The first-order valence-corrected chi connectivity index (χ1v) is 9.42. The van der Waals surface area contributed by atoms with Crippen molar-refractivity contribution in [3.8, 4) is 11.5 Å². The van der Waals surface area contributed by atoms with Crippen molar-refractivity contribution in [2.75, 3.05) is 19.0 Å². The van der Waals surface area contributed by atoms with Crippen LogP contribution in [0.3, 0.4) is 0 Å². The number of nitrogens with zero attached hydrogens (tertiary/aromatic N) is 1. The maximum Gasteiger partial charge on any atom is 0.338 e. The molecule has 0 radical (unpaired) electrons. The van der Waals surface area contributed by atoms with Crippen LogP contribution in [0.5, 0.6) is 11.5 Å². The molecule has 30 heavy (non-hydrogen) atoms. The van der Waals surface area contributed by atoms with Crippen molar-refractivity contribution >= 4 is 23.3 Å². The molecule has 0 saturated carbocycles. The van der Waals surface area contributed by atoms with Crippen molar-refractivity contribution in [2.24, 2.45) is 0 Å². The van der Waals surface area contributed by atoms with Gasteiger partial charge in [0.2, 0.25) is 0 Å².